The first-order valence-electron chi connectivity index (χ1n) is 15.5. The van der Waals surface area contributed by atoms with Crippen molar-refractivity contribution in [2.24, 2.45) is 5.92 Å². The topological polar surface area (TPSA) is 124 Å². The molecule has 1 aromatic rings. The molecule has 2 amide bonds. The van der Waals surface area contributed by atoms with Crippen LogP contribution in [0.25, 0.3) is 0 Å². The third-order valence-corrected chi connectivity index (χ3v) is 7.76. The van der Waals surface area contributed by atoms with Crippen LogP contribution in [-0.2, 0) is 9.59 Å². The minimum atomic E-state index is -4.73. The van der Waals surface area contributed by atoms with E-state index in [0.717, 1.165) is 38.9 Å². The Morgan fingerprint density at radius 2 is 1.56 bits per heavy atom. The van der Waals surface area contributed by atoms with Crippen LogP contribution in [0.4, 0.5) is 13.2 Å². The van der Waals surface area contributed by atoms with E-state index < -0.39 is 12.0 Å². The molecule has 0 saturated carbocycles. The number of carbonyl (C=O) groups is 2. The molecule has 0 spiro atoms. The van der Waals surface area contributed by atoms with Crippen LogP contribution in [0.2, 0.25) is 0 Å². The first-order valence-corrected chi connectivity index (χ1v) is 15.5. The van der Waals surface area contributed by atoms with E-state index in [1.165, 1.54) is 56.3 Å². The van der Waals surface area contributed by atoms with Crippen molar-refractivity contribution in [2.45, 2.75) is 83.9 Å². The molecular weight excluding hydrogens is 559 g/mol. The maximum atomic E-state index is 12.5. The summed E-state index contributed by atoms with van der Waals surface area (Å²) in [5.74, 6) is -1.86. The van der Waals surface area contributed by atoms with E-state index in [0.29, 0.717) is 17.9 Å². The van der Waals surface area contributed by atoms with Crippen LogP contribution < -0.4 is 16.0 Å². The number of halogens is 3. The zero-order valence-electron chi connectivity index (χ0n) is 25.7. The molecule has 0 radical (unpaired) electrons. The molecule has 0 bridgehead atoms. The van der Waals surface area contributed by atoms with Gasteiger partial charge in [-0.25, -0.2) is 0 Å². The van der Waals surface area contributed by atoms with E-state index in [4.69, 9.17) is 10.8 Å². The smallest absolute Gasteiger partial charge is 0.354 e. The fourth-order valence-electron chi connectivity index (χ4n) is 5.07. The number of likely N-dealkylation sites (tertiary alicyclic amines) is 2. The summed E-state index contributed by atoms with van der Waals surface area (Å²) in [5, 5.41) is 24.0. The van der Waals surface area contributed by atoms with Gasteiger partial charge in [0.2, 0.25) is 18.2 Å². The van der Waals surface area contributed by atoms with Crippen LogP contribution in [-0.4, -0.2) is 91.8 Å². The summed E-state index contributed by atoms with van der Waals surface area (Å²) >= 11 is 0. The Labute approximate surface area is 254 Å². The number of piperidine rings is 2. The Morgan fingerprint density at radius 1 is 0.953 bits per heavy atom. The number of nitrogens with zero attached hydrogens (tertiary/aromatic N) is 2. The van der Waals surface area contributed by atoms with Gasteiger partial charge in [0.15, 0.2) is 0 Å². The molecule has 43 heavy (non-hydrogen) atoms. The lowest BCUT2D eigenvalue weighted by molar-refractivity contribution is -0.123. The van der Waals surface area contributed by atoms with Gasteiger partial charge in [0.05, 0.1) is 6.04 Å². The molecule has 12 heteroatoms. The van der Waals surface area contributed by atoms with Gasteiger partial charge in [0.25, 0.3) is 0 Å². The molecule has 0 aromatic heterocycles. The molecule has 4 heterocycles. The molecule has 2 unspecified atom stereocenters. The average molecular weight is 610 g/mol. The van der Waals surface area contributed by atoms with Crippen molar-refractivity contribution in [3.63, 3.8) is 0 Å². The fourth-order valence-corrected chi connectivity index (χ4v) is 5.07. The van der Waals surface area contributed by atoms with Gasteiger partial charge >= 0.3 is 6.18 Å². The highest BCUT2D eigenvalue weighted by atomic mass is 19.4. The second-order valence-corrected chi connectivity index (χ2v) is 11.5. The summed E-state index contributed by atoms with van der Waals surface area (Å²) in [5.41, 5.74) is 2.66. The van der Waals surface area contributed by atoms with E-state index in [-0.39, 0.29) is 36.7 Å². The third kappa shape index (κ3) is 14.4. The summed E-state index contributed by atoms with van der Waals surface area (Å²) in [4.78, 5) is 24.3. The Balaban J connectivity index is 0.000000246. The number of hydrogen-bond acceptors (Lipinski definition) is 6. The number of hydrogen-bond donors (Lipinski definition) is 5. The van der Waals surface area contributed by atoms with Crippen molar-refractivity contribution in [3.05, 3.63) is 35.4 Å². The fraction of sp³-hybridized carbons (Fsp3) is 0.677. The third-order valence-electron chi connectivity index (χ3n) is 7.76. The molecule has 0 aliphatic carbocycles. The molecule has 4 saturated heterocycles. The van der Waals surface area contributed by atoms with Gasteiger partial charge < -0.3 is 25.8 Å². The monoisotopic (exact) mass is 609 g/mol. The minimum Gasteiger partial charge on any atom is -0.354 e. The highest BCUT2D eigenvalue weighted by molar-refractivity contribution is 6.01. The number of aryl methyl sites for hydroxylation is 2. The minimum absolute atomic E-state index is 0.0145. The zero-order valence-corrected chi connectivity index (χ0v) is 25.7. The Kier molecular flexibility index (Phi) is 16.3. The van der Waals surface area contributed by atoms with E-state index >= 15 is 0 Å². The van der Waals surface area contributed by atoms with Crippen LogP contribution in [0.5, 0.6) is 0 Å². The van der Waals surface area contributed by atoms with E-state index in [2.05, 4.69) is 54.1 Å². The molecule has 4 fully saturated rings. The number of nitrogens with one attached hydrogen (secondary N) is 5. The summed E-state index contributed by atoms with van der Waals surface area (Å²) in [7, 11) is 0. The number of alkyl halides is 3. The molecule has 5 N–H and O–H groups in total. The second-order valence-electron chi connectivity index (χ2n) is 11.5. The normalized spacial score (nSPS) is 21.7. The van der Waals surface area contributed by atoms with Gasteiger partial charge in [-0.3, -0.25) is 20.4 Å². The SMILES string of the molecule is C1CCNCC1.Cc1ccc(C)cc1.N=C1CC(CNC(=O)C2CCCN2)CCN1C(=N)C(F)(F)F.O=CN1CCCC1. The highest BCUT2D eigenvalue weighted by Crippen LogP contribution is 2.25. The molecule has 5 rings (SSSR count). The summed E-state index contributed by atoms with van der Waals surface area (Å²) in [6.07, 6.45) is 5.10. The number of rotatable bonds is 4. The highest BCUT2D eigenvalue weighted by Gasteiger charge is 2.41. The largest absolute Gasteiger partial charge is 0.449 e. The van der Waals surface area contributed by atoms with Crippen LogP contribution in [0, 0.1) is 30.6 Å². The van der Waals surface area contributed by atoms with E-state index in [1.807, 2.05) is 0 Å². The summed E-state index contributed by atoms with van der Waals surface area (Å²) < 4.78 is 37.5. The van der Waals surface area contributed by atoms with E-state index in [1.54, 1.807) is 4.90 Å². The van der Waals surface area contributed by atoms with Gasteiger partial charge in [-0.15, -0.1) is 0 Å². The second kappa shape index (κ2) is 19.3. The van der Waals surface area contributed by atoms with Gasteiger partial charge in [-0.1, -0.05) is 41.8 Å². The Hall–Kier alpha value is -2.99. The molecule has 2 atom stereocenters. The van der Waals surface area contributed by atoms with Gasteiger partial charge in [-0.2, -0.15) is 13.2 Å². The zero-order chi connectivity index (χ0) is 31.7. The number of amides is 2. The maximum absolute atomic E-state index is 12.5. The standard InChI is InChI=1S/C13H20F3N5O.C8H10.C5H9NO.C5H11N/c14-13(15,16)12(18)21-5-3-8(6-10(21)17)7-20-11(22)9-2-1-4-19-9;1-7-3-5-8(2)6-4-7;7-5-6-3-1-2-4-6;1-2-4-6-5-3-1/h8-9,17-19H,1-7H2,(H,20,22);3-6H,1-2H3;5H,1-4H2;6H,1-5H2. The molecule has 4 aliphatic rings. The van der Waals surface area contributed by atoms with Gasteiger partial charge in [-0.05, 0) is 84.3 Å². The number of amidine groups is 2. The number of carbonyl (C=O) groups excluding carboxylic acids is 2. The first-order chi connectivity index (χ1) is 20.5. The van der Waals surface area contributed by atoms with Crippen molar-refractivity contribution in [1.29, 1.82) is 10.8 Å². The lowest BCUT2D eigenvalue weighted by Crippen LogP contribution is -2.50. The Morgan fingerprint density at radius 3 is 1.95 bits per heavy atom. The van der Waals surface area contributed by atoms with Crippen LogP contribution in [0.1, 0.15) is 68.9 Å². The average Bonchev–Trinajstić information content (AvgIpc) is 3.74. The lowest BCUT2D eigenvalue weighted by Gasteiger charge is -2.34. The van der Waals surface area contributed by atoms with Gasteiger partial charge in [0.1, 0.15) is 5.84 Å². The van der Waals surface area contributed by atoms with Crippen molar-refractivity contribution >= 4 is 24.0 Å². The van der Waals surface area contributed by atoms with E-state index in [9.17, 15) is 22.8 Å². The summed E-state index contributed by atoms with van der Waals surface area (Å²) in [6.45, 7) is 9.80. The van der Waals surface area contributed by atoms with Crippen LogP contribution in [0.3, 0.4) is 0 Å². The van der Waals surface area contributed by atoms with Crippen LogP contribution in [0.15, 0.2) is 24.3 Å². The molecule has 242 valence electrons. The Bertz CT molecular complexity index is 956. The molecule has 9 nitrogen and oxygen atoms in total. The van der Waals surface area contributed by atoms with Crippen molar-refractivity contribution in [1.82, 2.24) is 25.8 Å². The summed E-state index contributed by atoms with van der Waals surface area (Å²) in [6, 6.07) is 8.30. The van der Waals surface area contributed by atoms with Crippen molar-refractivity contribution in [2.75, 3.05) is 45.8 Å². The molecule has 1 aromatic carbocycles. The predicted octanol–water partition coefficient (Wildman–Crippen LogP) is 4.39. The van der Waals surface area contributed by atoms with Crippen LogP contribution >= 0.6 is 0 Å². The van der Waals surface area contributed by atoms with Crippen molar-refractivity contribution < 1.29 is 22.8 Å². The first kappa shape index (κ1) is 36.2. The molecule has 4 aliphatic heterocycles. The number of benzene rings is 1. The predicted molar refractivity (Wildman–Crippen MR) is 164 cm³/mol. The van der Waals surface area contributed by atoms with Crippen molar-refractivity contribution in [3.8, 4) is 0 Å². The quantitative estimate of drug-likeness (QED) is 0.197. The molecular formula is C31H50F3N7O2. The van der Waals surface area contributed by atoms with Gasteiger partial charge in [0, 0.05) is 32.6 Å². The maximum Gasteiger partial charge on any atom is 0.449 e. The lowest BCUT2D eigenvalue weighted by atomic mass is 9.95.